The molecule has 0 aliphatic carbocycles. The fourth-order valence-corrected chi connectivity index (χ4v) is 1.25. The van der Waals surface area contributed by atoms with Crippen LogP contribution >= 0.6 is 0 Å². The number of nitrogens with one attached hydrogen (secondary N) is 1. The molecule has 3 nitrogen and oxygen atoms in total. The standard InChI is InChI=1S/C7H17N3/c8-2-1-5-10-6-3-9-4-7-10/h9H,1-8H2. The van der Waals surface area contributed by atoms with Gasteiger partial charge in [0, 0.05) is 26.2 Å². The van der Waals surface area contributed by atoms with E-state index in [1.807, 2.05) is 0 Å². The van der Waals surface area contributed by atoms with Crippen molar-refractivity contribution in [1.29, 1.82) is 0 Å². The van der Waals surface area contributed by atoms with Crippen LogP contribution in [-0.2, 0) is 0 Å². The van der Waals surface area contributed by atoms with Gasteiger partial charge in [0.1, 0.15) is 0 Å². The monoisotopic (exact) mass is 143 g/mol. The topological polar surface area (TPSA) is 41.3 Å². The van der Waals surface area contributed by atoms with Crippen LogP contribution in [0.2, 0.25) is 0 Å². The van der Waals surface area contributed by atoms with Gasteiger partial charge in [0.25, 0.3) is 0 Å². The van der Waals surface area contributed by atoms with Gasteiger partial charge in [-0.2, -0.15) is 0 Å². The quantitative estimate of drug-likeness (QED) is 0.545. The highest BCUT2D eigenvalue weighted by Gasteiger charge is 2.06. The van der Waals surface area contributed by atoms with E-state index in [9.17, 15) is 0 Å². The summed E-state index contributed by atoms with van der Waals surface area (Å²) in [4.78, 5) is 2.46. The minimum absolute atomic E-state index is 0.823. The number of piperazine rings is 1. The Kier molecular flexibility index (Phi) is 3.72. The van der Waals surface area contributed by atoms with E-state index in [4.69, 9.17) is 5.73 Å². The van der Waals surface area contributed by atoms with Gasteiger partial charge in [-0.15, -0.1) is 0 Å². The van der Waals surface area contributed by atoms with Crippen molar-refractivity contribution in [3.8, 4) is 0 Å². The maximum atomic E-state index is 5.40. The lowest BCUT2D eigenvalue weighted by molar-refractivity contribution is 0.240. The molecule has 1 fully saturated rings. The Labute approximate surface area is 62.6 Å². The van der Waals surface area contributed by atoms with Gasteiger partial charge < -0.3 is 16.0 Å². The molecule has 0 bridgehead atoms. The third kappa shape index (κ3) is 2.64. The molecule has 1 heterocycles. The zero-order valence-electron chi connectivity index (χ0n) is 6.47. The summed E-state index contributed by atoms with van der Waals surface area (Å²) >= 11 is 0. The van der Waals surface area contributed by atoms with Gasteiger partial charge in [0.2, 0.25) is 0 Å². The van der Waals surface area contributed by atoms with Crippen LogP contribution in [0, 0.1) is 0 Å². The molecule has 1 aliphatic rings. The summed E-state index contributed by atoms with van der Waals surface area (Å²) in [6.45, 7) is 6.68. The molecule has 60 valence electrons. The van der Waals surface area contributed by atoms with Crippen LogP contribution in [0.4, 0.5) is 0 Å². The molecule has 0 aromatic rings. The molecule has 3 N–H and O–H groups in total. The molecule has 0 saturated carbocycles. The Morgan fingerprint density at radius 1 is 1.30 bits per heavy atom. The predicted molar refractivity (Wildman–Crippen MR) is 43.0 cm³/mol. The normalized spacial score (nSPS) is 21.3. The lowest BCUT2D eigenvalue weighted by Gasteiger charge is -2.26. The van der Waals surface area contributed by atoms with Crippen molar-refractivity contribution in [3.63, 3.8) is 0 Å². The Morgan fingerprint density at radius 3 is 2.60 bits per heavy atom. The molecule has 0 atom stereocenters. The molecule has 1 aliphatic heterocycles. The van der Waals surface area contributed by atoms with Crippen molar-refractivity contribution in [2.45, 2.75) is 6.42 Å². The van der Waals surface area contributed by atoms with E-state index in [0.717, 1.165) is 26.1 Å². The maximum Gasteiger partial charge on any atom is 0.0107 e. The molecule has 3 heteroatoms. The summed E-state index contributed by atoms with van der Waals surface area (Å²) in [5.74, 6) is 0. The third-order valence-corrected chi connectivity index (χ3v) is 1.89. The van der Waals surface area contributed by atoms with Crippen LogP contribution in [0.5, 0.6) is 0 Å². The van der Waals surface area contributed by atoms with Crippen LogP contribution in [-0.4, -0.2) is 44.2 Å². The van der Waals surface area contributed by atoms with Crippen LogP contribution in [0.15, 0.2) is 0 Å². The van der Waals surface area contributed by atoms with Crippen LogP contribution in [0.1, 0.15) is 6.42 Å². The van der Waals surface area contributed by atoms with E-state index in [1.54, 1.807) is 0 Å². The zero-order valence-corrected chi connectivity index (χ0v) is 6.47. The highest BCUT2D eigenvalue weighted by atomic mass is 15.2. The van der Waals surface area contributed by atoms with Crippen molar-refractivity contribution in [2.75, 3.05) is 39.3 Å². The summed E-state index contributed by atoms with van der Waals surface area (Å²) in [7, 11) is 0. The number of nitrogens with zero attached hydrogens (tertiary/aromatic N) is 1. The van der Waals surface area contributed by atoms with Gasteiger partial charge in [-0.25, -0.2) is 0 Å². The Balaban J connectivity index is 2.02. The van der Waals surface area contributed by atoms with Crippen LogP contribution < -0.4 is 11.1 Å². The van der Waals surface area contributed by atoms with Gasteiger partial charge in [0.15, 0.2) is 0 Å². The number of nitrogens with two attached hydrogens (primary N) is 1. The van der Waals surface area contributed by atoms with Gasteiger partial charge in [-0.05, 0) is 19.5 Å². The summed E-state index contributed by atoms with van der Waals surface area (Å²) in [5, 5.41) is 3.32. The van der Waals surface area contributed by atoms with E-state index in [-0.39, 0.29) is 0 Å². The van der Waals surface area contributed by atoms with Crippen LogP contribution in [0.25, 0.3) is 0 Å². The molecule has 0 radical (unpaired) electrons. The first-order chi connectivity index (χ1) is 4.93. The van der Waals surface area contributed by atoms with E-state index in [2.05, 4.69) is 10.2 Å². The smallest absolute Gasteiger partial charge is 0.0107 e. The largest absolute Gasteiger partial charge is 0.330 e. The number of hydrogen-bond acceptors (Lipinski definition) is 3. The van der Waals surface area contributed by atoms with Gasteiger partial charge >= 0.3 is 0 Å². The minimum atomic E-state index is 0.823. The summed E-state index contributed by atoms with van der Waals surface area (Å²) in [5.41, 5.74) is 5.40. The Bertz CT molecular complexity index is 78.9. The molecule has 10 heavy (non-hydrogen) atoms. The average Bonchev–Trinajstić information content (AvgIpc) is 2.03. The maximum absolute atomic E-state index is 5.40. The molecular formula is C7H17N3. The van der Waals surface area contributed by atoms with E-state index >= 15 is 0 Å². The summed E-state index contributed by atoms with van der Waals surface area (Å²) < 4.78 is 0. The average molecular weight is 143 g/mol. The van der Waals surface area contributed by atoms with Gasteiger partial charge in [-0.3, -0.25) is 0 Å². The lowest BCUT2D eigenvalue weighted by Crippen LogP contribution is -2.44. The summed E-state index contributed by atoms with van der Waals surface area (Å²) in [6, 6.07) is 0. The lowest BCUT2D eigenvalue weighted by atomic mass is 10.3. The van der Waals surface area contributed by atoms with E-state index < -0.39 is 0 Å². The van der Waals surface area contributed by atoms with E-state index in [1.165, 1.54) is 19.6 Å². The molecule has 1 saturated heterocycles. The SMILES string of the molecule is NCCCN1CCNCC1. The number of rotatable bonds is 3. The van der Waals surface area contributed by atoms with Crippen molar-refractivity contribution in [2.24, 2.45) is 5.73 Å². The number of hydrogen-bond donors (Lipinski definition) is 2. The predicted octanol–water partition coefficient (Wildman–Crippen LogP) is -0.760. The van der Waals surface area contributed by atoms with Crippen molar-refractivity contribution < 1.29 is 0 Å². The zero-order chi connectivity index (χ0) is 7.23. The van der Waals surface area contributed by atoms with Crippen molar-refractivity contribution >= 4 is 0 Å². The van der Waals surface area contributed by atoms with E-state index in [0.29, 0.717) is 0 Å². The molecule has 0 aromatic carbocycles. The molecule has 0 spiro atoms. The molecule has 0 amide bonds. The third-order valence-electron chi connectivity index (χ3n) is 1.89. The second-order valence-corrected chi connectivity index (χ2v) is 2.73. The minimum Gasteiger partial charge on any atom is -0.330 e. The van der Waals surface area contributed by atoms with Gasteiger partial charge in [0.05, 0.1) is 0 Å². The van der Waals surface area contributed by atoms with Gasteiger partial charge in [-0.1, -0.05) is 0 Å². The first kappa shape index (κ1) is 7.98. The van der Waals surface area contributed by atoms with Crippen molar-refractivity contribution in [1.82, 2.24) is 10.2 Å². The molecule has 0 unspecified atom stereocenters. The van der Waals surface area contributed by atoms with Crippen molar-refractivity contribution in [3.05, 3.63) is 0 Å². The molecular weight excluding hydrogens is 126 g/mol. The highest BCUT2D eigenvalue weighted by molar-refractivity contribution is 4.66. The van der Waals surface area contributed by atoms with Crippen LogP contribution in [0.3, 0.4) is 0 Å². The second-order valence-electron chi connectivity index (χ2n) is 2.73. The Hall–Kier alpha value is -0.120. The molecule has 1 rings (SSSR count). The Morgan fingerprint density at radius 2 is 2.00 bits per heavy atom. The molecule has 0 aromatic heterocycles. The first-order valence-corrected chi connectivity index (χ1v) is 4.06. The highest BCUT2D eigenvalue weighted by Crippen LogP contribution is 1.92. The summed E-state index contributed by atoms with van der Waals surface area (Å²) in [6.07, 6.45) is 1.14. The first-order valence-electron chi connectivity index (χ1n) is 4.06. The fraction of sp³-hybridized carbons (Fsp3) is 1.00. The second kappa shape index (κ2) is 4.66. The fourth-order valence-electron chi connectivity index (χ4n) is 1.25.